The molecule has 0 aliphatic heterocycles. The summed E-state index contributed by atoms with van der Waals surface area (Å²) in [4.78, 5) is 0. The Morgan fingerprint density at radius 3 is 2.55 bits per heavy atom. The number of hydrogen-bond donors (Lipinski definition) is 0. The van der Waals surface area contributed by atoms with Crippen molar-refractivity contribution in [1.82, 2.24) is 15.0 Å². The van der Waals surface area contributed by atoms with Crippen LogP contribution in [0.2, 0.25) is 0 Å². The molecule has 0 saturated heterocycles. The summed E-state index contributed by atoms with van der Waals surface area (Å²) in [6.45, 7) is 0.365. The first-order valence-electron chi connectivity index (χ1n) is 5.69. The summed E-state index contributed by atoms with van der Waals surface area (Å²) in [7, 11) is 1.57. The number of hydrogen-bond acceptors (Lipinski definition) is 4. The van der Waals surface area contributed by atoms with Crippen molar-refractivity contribution in [3.8, 4) is 5.75 Å². The van der Waals surface area contributed by atoms with Gasteiger partial charge in [0.15, 0.2) is 0 Å². The quantitative estimate of drug-likeness (QED) is 0.796. The summed E-state index contributed by atoms with van der Waals surface area (Å²) in [5.41, 5.74) is 0.908. The molecule has 108 valence electrons. The molecule has 2 rings (SSSR count). The van der Waals surface area contributed by atoms with Gasteiger partial charge >= 0.3 is 6.18 Å². The highest BCUT2D eigenvalue weighted by Crippen LogP contribution is 2.26. The maximum Gasteiger partial charge on any atom is 0.398 e. The molecule has 0 radical (unpaired) electrons. The van der Waals surface area contributed by atoms with Gasteiger partial charge in [0.05, 0.1) is 25.6 Å². The molecule has 0 aliphatic rings. The van der Waals surface area contributed by atoms with Crippen LogP contribution in [0, 0.1) is 0 Å². The number of methoxy groups -OCH3 is 1. The minimum Gasteiger partial charge on any atom is -0.497 e. The van der Waals surface area contributed by atoms with E-state index in [0.29, 0.717) is 23.3 Å². The number of alkyl halides is 3. The van der Waals surface area contributed by atoms with Gasteiger partial charge < -0.3 is 4.74 Å². The molecule has 4 nitrogen and oxygen atoms in total. The molecule has 0 atom stereocenters. The van der Waals surface area contributed by atoms with Gasteiger partial charge in [0.2, 0.25) is 0 Å². The van der Waals surface area contributed by atoms with Crippen LogP contribution >= 0.6 is 11.8 Å². The number of nitrogens with zero attached hydrogens (tertiary/aromatic N) is 3. The van der Waals surface area contributed by atoms with Gasteiger partial charge in [-0.2, -0.15) is 13.2 Å². The number of thioether (sulfide) groups is 1. The fraction of sp³-hybridized carbons (Fsp3) is 0.333. The zero-order chi connectivity index (χ0) is 14.6. The smallest absolute Gasteiger partial charge is 0.398 e. The number of benzene rings is 1. The second-order valence-corrected chi connectivity index (χ2v) is 4.98. The lowest BCUT2D eigenvalue weighted by Gasteiger charge is -2.08. The van der Waals surface area contributed by atoms with Crippen molar-refractivity contribution in [3.63, 3.8) is 0 Å². The lowest BCUT2D eigenvalue weighted by Crippen LogP contribution is -2.12. The van der Waals surface area contributed by atoms with Gasteiger partial charge in [0.25, 0.3) is 0 Å². The number of halogens is 3. The van der Waals surface area contributed by atoms with Gasteiger partial charge in [-0.15, -0.1) is 5.10 Å². The van der Waals surface area contributed by atoms with Crippen LogP contribution in [0.25, 0.3) is 0 Å². The van der Waals surface area contributed by atoms with E-state index in [1.54, 1.807) is 19.2 Å². The molecule has 0 spiro atoms. The largest absolute Gasteiger partial charge is 0.497 e. The van der Waals surface area contributed by atoms with E-state index in [4.69, 9.17) is 4.74 Å². The highest BCUT2D eigenvalue weighted by atomic mass is 32.2. The molecule has 0 fully saturated rings. The number of rotatable bonds is 5. The SMILES string of the molecule is COc1ccc(Cn2nncc2SCC(F)(F)F)cc1. The van der Waals surface area contributed by atoms with Crippen LogP contribution in [0.3, 0.4) is 0 Å². The predicted octanol–water partition coefficient (Wildman–Crippen LogP) is 2.99. The van der Waals surface area contributed by atoms with Gasteiger partial charge in [-0.05, 0) is 17.7 Å². The Morgan fingerprint density at radius 2 is 1.95 bits per heavy atom. The van der Waals surface area contributed by atoms with Gasteiger partial charge in [-0.3, -0.25) is 0 Å². The third kappa shape index (κ3) is 4.16. The van der Waals surface area contributed by atoms with Crippen molar-refractivity contribution in [1.29, 1.82) is 0 Å². The minimum atomic E-state index is -4.21. The topological polar surface area (TPSA) is 39.9 Å². The van der Waals surface area contributed by atoms with Crippen molar-refractivity contribution >= 4 is 11.8 Å². The zero-order valence-electron chi connectivity index (χ0n) is 10.6. The molecule has 8 heteroatoms. The second-order valence-electron chi connectivity index (χ2n) is 3.98. The third-order valence-corrected chi connectivity index (χ3v) is 3.54. The van der Waals surface area contributed by atoms with Gasteiger partial charge in [0.1, 0.15) is 10.8 Å². The van der Waals surface area contributed by atoms with E-state index in [2.05, 4.69) is 10.3 Å². The normalized spacial score (nSPS) is 11.6. The summed E-state index contributed by atoms with van der Waals surface area (Å²) in [6, 6.07) is 7.24. The number of ether oxygens (including phenoxy) is 1. The highest BCUT2D eigenvalue weighted by molar-refractivity contribution is 7.99. The summed E-state index contributed by atoms with van der Waals surface area (Å²) in [5, 5.41) is 7.84. The molecule has 0 saturated carbocycles. The van der Waals surface area contributed by atoms with Crippen molar-refractivity contribution in [2.24, 2.45) is 0 Å². The standard InChI is InChI=1S/C12H12F3N3OS/c1-19-10-4-2-9(3-5-10)7-18-11(6-16-17-18)20-8-12(13,14)15/h2-6H,7-8H2,1H3. The highest BCUT2D eigenvalue weighted by Gasteiger charge is 2.28. The van der Waals surface area contributed by atoms with Gasteiger partial charge in [-0.1, -0.05) is 29.1 Å². The average molecular weight is 303 g/mol. The van der Waals surface area contributed by atoms with Crippen molar-refractivity contribution in [2.75, 3.05) is 12.9 Å². The van der Waals surface area contributed by atoms with Crippen molar-refractivity contribution in [3.05, 3.63) is 36.0 Å². The summed E-state index contributed by atoms with van der Waals surface area (Å²) in [5.74, 6) is -0.234. The first kappa shape index (κ1) is 14.7. The second kappa shape index (κ2) is 6.17. The lowest BCUT2D eigenvalue weighted by molar-refractivity contribution is -0.105. The number of aromatic nitrogens is 3. The molecule has 0 N–H and O–H groups in total. The maximum absolute atomic E-state index is 12.2. The molecule has 1 heterocycles. The minimum absolute atomic E-state index is 0.365. The van der Waals surface area contributed by atoms with Crippen molar-refractivity contribution in [2.45, 2.75) is 17.7 Å². The Balaban J connectivity index is 2.04. The molecular weight excluding hydrogens is 291 g/mol. The molecular formula is C12H12F3N3OS. The molecule has 0 aliphatic carbocycles. The first-order valence-corrected chi connectivity index (χ1v) is 6.67. The lowest BCUT2D eigenvalue weighted by atomic mass is 10.2. The Labute approximate surface area is 117 Å². The monoisotopic (exact) mass is 303 g/mol. The third-order valence-electron chi connectivity index (χ3n) is 2.46. The molecule has 0 unspecified atom stereocenters. The maximum atomic E-state index is 12.2. The van der Waals surface area contributed by atoms with Crippen LogP contribution in [0.1, 0.15) is 5.56 Å². The summed E-state index contributed by atoms with van der Waals surface area (Å²) >= 11 is 0.676. The molecule has 0 amide bonds. The van der Waals surface area contributed by atoms with Gasteiger partial charge in [-0.25, -0.2) is 4.68 Å². The van der Waals surface area contributed by atoms with Crippen LogP contribution in [-0.4, -0.2) is 34.0 Å². The zero-order valence-corrected chi connectivity index (χ0v) is 11.4. The van der Waals surface area contributed by atoms with E-state index < -0.39 is 11.9 Å². The fourth-order valence-electron chi connectivity index (χ4n) is 1.53. The van der Waals surface area contributed by atoms with Crippen LogP contribution in [-0.2, 0) is 6.54 Å². The van der Waals surface area contributed by atoms with Crippen LogP contribution in [0.4, 0.5) is 13.2 Å². The van der Waals surface area contributed by atoms with Crippen LogP contribution in [0.15, 0.2) is 35.5 Å². The van der Waals surface area contributed by atoms with E-state index in [9.17, 15) is 13.2 Å². The van der Waals surface area contributed by atoms with Crippen LogP contribution < -0.4 is 4.74 Å². The Morgan fingerprint density at radius 1 is 1.25 bits per heavy atom. The molecule has 1 aromatic carbocycles. The summed E-state index contributed by atoms with van der Waals surface area (Å²) < 4.78 is 43.1. The Kier molecular flexibility index (Phi) is 4.53. The predicted molar refractivity (Wildman–Crippen MR) is 68.9 cm³/mol. The Bertz CT molecular complexity index is 554. The molecule has 1 aromatic heterocycles. The molecule has 20 heavy (non-hydrogen) atoms. The van der Waals surface area contributed by atoms with E-state index in [1.165, 1.54) is 10.9 Å². The summed E-state index contributed by atoms with van der Waals surface area (Å²) in [6.07, 6.45) is -2.88. The van der Waals surface area contributed by atoms with E-state index in [-0.39, 0.29) is 0 Å². The average Bonchev–Trinajstić information content (AvgIpc) is 2.84. The molecule has 0 bridgehead atoms. The first-order chi connectivity index (χ1) is 9.48. The van der Waals surface area contributed by atoms with E-state index in [0.717, 1.165) is 11.3 Å². The van der Waals surface area contributed by atoms with Crippen molar-refractivity contribution < 1.29 is 17.9 Å². The van der Waals surface area contributed by atoms with E-state index in [1.807, 2.05) is 12.1 Å². The Hall–Kier alpha value is -1.70. The van der Waals surface area contributed by atoms with E-state index >= 15 is 0 Å². The van der Waals surface area contributed by atoms with Crippen LogP contribution in [0.5, 0.6) is 5.75 Å². The van der Waals surface area contributed by atoms with Gasteiger partial charge in [0, 0.05) is 0 Å². The molecule has 2 aromatic rings. The fourth-order valence-corrected chi connectivity index (χ4v) is 2.21.